The molecule has 1 saturated carbocycles. The zero-order valence-electron chi connectivity index (χ0n) is 8.09. The molecule has 0 radical (unpaired) electrons. The molecule has 0 aliphatic heterocycles. The standard InChI is InChI=1S/C8H14O3.K/c1-8(2,3)11-6-4-5(6)7(9)10;/h5-6H,4H2,1-3H3,(H,9,10);/q;+1/p-1/t5-,6+;/m0./s1. The third kappa shape index (κ3) is 4.34. The average Bonchev–Trinajstić information content (AvgIpc) is 2.40. The fourth-order valence-electron chi connectivity index (χ4n) is 1.00. The van der Waals surface area contributed by atoms with Gasteiger partial charge in [0.05, 0.1) is 11.7 Å². The van der Waals surface area contributed by atoms with Gasteiger partial charge in [-0.2, -0.15) is 0 Å². The molecule has 0 aromatic carbocycles. The number of carbonyl (C=O) groups excluding carboxylic acids is 1. The number of aliphatic carboxylic acids is 1. The minimum atomic E-state index is -0.987. The van der Waals surface area contributed by atoms with E-state index in [1.54, 1.807) is 0 Å². The van der Waals surface area contributed by atoms with E-state index in [-0.39, 0.29) is 69.0 Å². The van der Waals surface area contributed by atoms with Crippen molar-refractivity contribution >= 4 is 5.97 Å². The molecule has 64 valence electrons. The third-order valence-corrected chi connectivity index (χ3v) is 1.54. The van der Waals surface area contributed by atoms with Crippen molar-refractivity contribution < 1.29 is 66.0 Å². The molecule has 0 unspecified atom stereocenters. The normalized spacial score (nSPS) is 27.6. The average molecular weight is 196 g/mol. The van der Waals surface area contributed by atoms with E-state index in [4.69, 9.17) is 4.74 Å². The van der Waals surface area contributed by atoms with Crippen molar-refractivity contribution in [3.63, 3.8) is 0 Å². The summed E-state index contributed by atoms with van der Waals surface area (Å²) >= 11 is 0. The SMILES string of the molecule is CC(C)(C)O[C@@H]1C[C@@H]1C(=O)[O-].[K+]. The Morgan fingerprint density at radius 1 is 1.50 bits per heavy atom. The molecular weight excluding hydrogens is 183 g/mol. The second-order valence-electron chi connectivity index (χ2n) is 3.93. The minimum absolute atomic E-state index is 0. The Morgan fingerprint density at radius 3 is 2.25 bits per heavy atom. The molecule has 1 aliphatic rings. The first-order valence-corrected chi connectivity index (χ1v) is 3.79. The van der Waals surface area contributed by atoms with Crippen LogP contribution in [0.4, 0.5) is 0 Å². The zero-order valence-corrected chi connectivity index (χ0v) is 11.2. The van der Waals surface area contributed by atoms with Crippen LogP contribution in [-0.4, -0.2) is 17.7 Å². The van der Waals surface area contributed by atoms with E-state index in [1.807, 2.05) is 20.8 Å². The molecule has 0 spiro atoms. The summed E-state index contributed by atoms with van der Waals surface area (Å²) in [6.07, 6.45) is 0.500. The number of ether oxygens (including phenoxy) is 1. The largest absolute Gasteiger partial charge is 1.00 e. The Balaban J connectivity index is 0.00000121. The Kier molecular flexibility index (Phi) is 4.93. The molecule has 1 rings (SSSR count). The van der Waals surface area contributed by atoms with Crippen molar-refractivity contribution in [1.82, 2.24) is 0 Å². The molecule has 1 fully saturated rings. The Bertz CT molecular complexity index is 174. The Hall–Kier alpha value is 1.07. The van der Waals surface area contributed by atoms with E-state index >= 15 is 0 Å². The van der Waals surface area contributed by atoms with Gasteiger partial charge in [0, 0.05) is 11.9 Å². The van der Waals surface area contributed by atoms with E-state index in [2.05, 4.69) is 0 Å². The quantitative estimate of drug-likeness (QED) is 0.441. The summed E-state index contributed by atoms with van der Waals surface area (Å²) in [5.41, 5.74) is -0.241. The van der Waals surface area contributed by atoms with Crippen LogP contribution in [0.3, 0.4) is 0 Å². The third-order valence-electron chi connectivity index (χ3n) is 1.54. The summed E-state index contributed by atoms with van der Waals surface area (Å²) in [6, 6.07) is 0. The van der Waals surface area contributed by atoms with Crippen LogP contribution in [0.25, 0.3) is 0 Å². The van der Waals surface area contributed by atoms with Crippen LogP contribution < -0.4 is 56.5 Å². The van der Waals surface area contributed by atoms with Crippen LogP contribution in [0.1, 0.15) is 27.2 Å². The smallest absolute Gasteiger partial charge is 0.550 e. The van der Waals surface area contributed by atoms with Gasteiger partial charge in [0.1, 0.15) is 0 Å². The van der Waals surface area contributed by atoms with Crippen molar-refractivity contribution in [3.8, 4) is 0 Å². The summed E-state index contributed by atoms with van der Waals surface area (Å²) in [7, 11) is 0. The van der Waals surface area contributed by atoms with Gasteiger partial charge >= 0.3 is 51.4 Å². The minimum Gasteiger partial charge on any atom is -0.550 e. The molecule has 3 nitrogen and oxygen atoms in total. The number of carbonyl (C=O) groups is 1. The van der Waals surface area contributed by atoms with Crippen LogP contribution in [-0.2, 0) is 9.53 Å². The molecular formula is C8H13KO3. The maximum atomic E-state index is 10.3. The molecule has 0 aromatic heterocycles. The van der Waals surface area contributed by atoms with Gasteiger partial charge in [0.2, 0.25) is 0 Å². The van der Waals surface area contributed by atoms with Gasteiger partial charge in [0.25, 0.3) is 0 Å². The van der Waals surface area contributed by atoms with Crippen LogP contribution in [0.2, 0.25) is 0 Å². The van der Waals surface area contributed by atoms with Gasteiger partial charge in [-0.3, -0.25) is 0 Å². The zero-order chi connectivity index (χ0) is 8.65. The first kappa shape index (κ1) is 13.1. The Labute approximate surface area is 115 Å². The van der Waals surface area contributed by atoms with E-state index in [9.17, 15) is 9.90 Å². The number of rotatable bonds is 2. The number of carboxylic acids is 1. The molecule has 0 saturated heterocycles. The topological polar surface area (TPSA) is 49.4 Å². The van der Waals surface area contributed by atoms with Crippen LogP contribution in [0.15, 0.2) is 0 Å². The van der Waals surface area contributed by atoms with E-state index in [0.29, 0.717) is 6.42 Å². The molecule has 0 bridgehead atoms. The van der Waals surface area contributed by atoms with Crippen molar-refractivity contribution in [2.45, 2.75) is 38.9 Å². The van der Waals surface area contributed by atoms with Gasteiger partial charge < -0.3 is 14.6 Å². The van der Waals surface area contributed by atoms with Gasteiger partial charge in [-0.15, -0.1) is 0 Å². The second-order valence-corrected chi connectivity index (χ2v) is 3.93. The fourth-order valence-corrected chi connectivity index (χ4v) is 1.00. The first-order chi connectivity index (χ1) is 4.90. The van der Waals surface area contributed by atoms with Crippen LogP contribution >= 0.6 is 0 Å². The van der Waals surface area contributed by atoms with Gasteiger partial charge in [0.15, 0.2) is 0 Å². The number of carboxylic acid groups (broad SMARTS) is 1. The van der Waals surface area contributed by atoms with E-state index < -0.39 is 5.97 Å². The summed E-state index contributed by atoms with van der Waals surface area (Å²) in [5.74, 6) is -1.35. The summed E-state index contributed by atoms with van der Waals surface area (Å²) in [6.45, 7) is 5.74. The van der Waals surface area contributed by atoms with Crippen molar-refractivity contribution in [3.05, 3.63) is 0 Å². The van der Waals surface area contributed by atoms with Crippen LogP contribution in [0, 0.1) is 5.92 Å². The number of hydrogen-bond donors (Lipinski definition) is 0. The van der Waals surface area contributed by atoms with Gasteiger partial charge in [-0.05, 0) is 27.2 Å². The molecule has 12 heavy (non-hydrogen) atoms. The summed E-state index contributed by atoms with van der Waals surface area (Å²) < 4.78 is 5.40. The van der Waals surface area contributed by atoms with Crippen molar-refractivity contribution in [2.75, 3.05) is 0 Å². The van der Waals surface area contributed by atoms with Crippen LogP contribution in [0.5, 0.6) is 0 Å². The molecule has 1 aliphatic carbocycles. The molecule has 0 N–H and O–H groups in total. The van der Waals surface area contributed by atoms with E-state index in [1.165, 1.54) is 0 Å². The predicted molar refractivity (Wildman–Crippen MR) is 37.7 cm³/mol. The predicted octanol–water partition coefficient (Wildman–Crippen LogP) is -3.06. The molecule has 0 aromatic rings. The van der Waals surface area contributed by atoms with Crippen molar-refractivity contribution in [2.24, 2.45) is 5.92 Å². The molecule has 0 amide bonds. The van der Waals surface area contributed by atoms with Gasteiger partial charge in [-0.25, -0.2) is 0 Å². The van der Waals surface area contributed by atoms with Gasteiger partial charge in [-0.1, -0.05) is 0 Å². The van der Waals surface area contributed by atoms with Crippen molar-refractivity contribution in [1.29, 1.82) is 0 Å². The number of hydrogen-bond acceptors (Lipinski definition) is 3. The summed E-state index contributed by atoms with van der Waals surface area (Å²) in [5, 5.41) is 10.3. The maximum absolute atomic E-state index is 10.3. The second kappa shape index (κ2) is 4.53. The van der Waals surface area contributed by atoms with E-state index in [0.717, 1.165) is 0 Å². The molecule has 0 heterocycles. The fraction of sp³-hybridized carbons (Fsp3) is 0.875. The Morgan fingerprint density at radius 2 is 2.00 bits per heavy atom. The molecule has 4 heteroatoms. The maximum Gasteiger partial charge on any atom is 1.00 e. The first-order valence-electron chi connectivity index (χ1n) is 3.79. The summed E-state index contributed by atoms with van der Waals surface area (Å²) in [4.78, 5) is 10.3. The molecule has 2 atom stereocenters. The monoisotopic (exact) mass is 196 g/mol.